The van der Waals surface area contributed by atoms with Gasteiger partial charge in [-0.1, -0.05) is 30.3 Å². The van der Waals surface area contributed by atoms with E-state index in [1.54, 1.807) is 0 Å². The molecule has 1 aliphatic rings. The van der Waals surface area contributed by atoms with Crippen LogP contribution in [0.4, 0.5) is 4.79 Å². The molecule has 0 aromatic heterocycles. The Hall–Kier alpha value is -1.55. The number of hydrogen-bond acceptors (Lipinski definition) is 3. The minimum Gasteiger partial charge on any atom is -0.444 e. The quantitative estimate of drug-likeness (QED) is 0.874. The predicted molar refractivity (Wildman–Crippen MR) is 81.9 cm³/mol. The van der Waals surface area contributed by atoms with Crippen molar-refractivity contribution < 1.29 is 14.3 Å². The van der Waals surface area contributed by atoms with Crippen LogP contribution in [0.2, 0.25) is 0 Å². The van der Waals surface area contributed by atoms with E-state index in [2.05, 4.69) is 17.4 Å². The summed E-state index contributed by atoms with van der Waals surface area (Å²) in [5.74, 6) is 1.08. The van der Waals surface area contributed by atoms with Crippen molar-refractivity contribution in [2.45, 2.75) is 39.4 Å². The molecule has 1 saturated carbocycles. The Morgan fingerprint density at radius 1 is 1.24 bits per heavy atom. The maximum Gasteiger partial charge on any atom is 0.407 e. The number of carbonyl (C=O) groups excluding carboxylic acids is 1. The fourth-order valence-corrected chi connectivity index (χ4v) is 2.20. The highest BCUT2D eigenvalue weighted by Crippen LogP contribution is 2.38. The molecule has 2 atom stereocenters. The number of hydrogen-bond donors (Lipinski definition) is 1. The largest absolute Gasteiger partial charge is 0.444 e. The number of benzene rings is 1. The van der Waals surface area contributed by atoms with Crippen LogP contribution < -0.4 is 5.32 Å². The number of alkyl carbamates (subject to hydrolysis) is 1. The molecule has 0 unspecified atom stereocenters. The summed E-state index contributed by atoms with van der Waals surface area (Å²) in [5.41, 5.74) is 0.757. The van der Waals surface area contributed by atoms with Crippen LogP contribution in [0.3, 0.4) is 0 Å². The highest BCUT2D eigenvalue weighted by Gasteiger charge is 2.37. The fourth-order valence-electron chi connectivity index (χ4n) is 2.20. The van der Waals surface area contributed by atoms with Gasteiger partial charge in [-0.3, -0.25) is 0 Å². The Labute approximate surface area is 126 Å². The smallest absolute Gasteiger partial charge is 0.407 e. The standard InChI is InChI=1S/C17H25NO3/c1-17(2,3)21-16(19)18-10-14-9-15(14)12-20-11-13-7-5-4-6-8-13/h4-8,14-15H,9-12H2,1-3H3,(H,18,19)/t14-,15+/m1/s1. The normalized spacial score (nSPS) is 20.9. The second-order valence-electron chi connectivity index (χ2n) is 6.64. The number of nitrogens with one attached hydrogen (secondary N) is 1. The lowest BCUT2D eigenvalue weighted by Crippen LogP contribution is -2.33. The molecule has 1 aromatic carbocycles. The Bertz CT molecular complexity index is 453. The van der Waals surface area contributed by atoms with E-state index in [9.17, 15) is 4.79 Å². The molecule has 1 aromatic rings. The van der Waals surface area contributed by atoms with Crippen LogP contribution in [0, 0.1) is 11.8 Å². The first-order valence-electron chi connectivity index (χ1n) is 7.52. The predicted octanol–water partition coefficient (Wildman–Crippen LogP) is 3.36. The molecule has 0 aliphatic heterocycles. The SMILES string of the molecule is CC(C)(C)OC(=O)NC[C@H]1C[C@H]1COCc1ccccc1. The van der Waals surface area contributed by atoms with Gasteiger partial charge >= 0.3 is 6.09 Å². The second kappa shape index (κ2) is 6.94. The van der Waals surface area contributed by atoms with Crippen molar-refractivity contribution >= 4 is 6.09 Å². The molecule has 0 bridgehead atoms. The lowest BCUT2D eigenvalue weighted by Gasteiger charge is -2.19. The highest BCUT2D eigenvalue weighted by molar-refractivity contribution is 5.67. The van der Waals surface area contributed by atoms with Crippen molar-refractivity contribution in [3.05, 3.63) is 35.9 Å². The molecule has 4 heteroatoms. The summed E-state index contributed by atoms with van der Waals surface area (Å²) < 4.78 is 10.9. The highest BCUT2D eigenvalue weighted by atomic mass is 16.6. The molecule has 0 spiro atoms. The number of amides is 1. The van der Waals surface area contributed by atoms with Gasteiger partial charge in [-0.2, -0.15) is 0 Å². The molecule has 0 saturated heterocycles. The van der Waals surface area contributed by atoms with Crippen LogP contribution in [-0.2, 0) is 16.1 Å². The lowest BCUT2D eigenvalue weighted by atomic mass is 10.2. The van der Waals surface area contributed by atoms with Gasteiger partial charge in [-0.15, -0.1) is 0 Å². The van der Waals surface area contributed by atoms with E-state index in [0.717, 1.165) is 13.0 Å². The summed E-state index contributed by atoms with van der Waals surface area (Å²) in [7, 11) is 0. The van der Waals surface area contributed by atoms with Crippen molar-refractivity contribution in [1.82, 2.24) is 5.32 Å². The maximum atomic E-state index is 11.5. The van der Waals surface area contributed by atoms with Crippen LogP contribution in [-0.4, -0.2) is 24.8 Å². The van der Waals surface area contributed by atoms with E-state index in [4.69, 9.17) is 9.47 Å². The van der Waals surface area contributed by atoms with Gasteiger partial charge < -0.3 is 14.8 Å². The van der Waals surface area contributed by atoms with Crippen molar-refractivity contribution in [1.29, 1.82) is 0 Å². The third-order valence-electron chi connectivity index (χ3n) is 3.42. The first kappa shape index (κ1) is 15.8. The molecule has 0 heterocycles. The van der Waals surface area contributed by atoms with Crippen molar-refractivity contribution in [3.63, 3.8) is 0 Å². The van der Waals surface area contributed by atoms with Gasteiger partial charge in [0, 0.05) is 6.54 Å². The molecule has 21 heavy (non-hydrogen) atoms. The molecule has 1 fully saturated rings. The second-order valence-corrected chi connectivity index (χ2v) is 6.64. The van der Waals surface area contributed by atoms with Gasteiger partial charge in [-0.25, -0.2) is 4.79 Å². The number of ether oxygens (including phenoxy) is 2. The molecular weight excluding hydrogens is 266 g/mol. The maximum absolute atomic E-state index is 11.5. The van der Waals surface area contributed by atoms with Crippen LogP contribution in [0.25, 0.3) is 0 Å². The summed E-state index contributed by atoms with van der Waals surface area (Å²) >= 11 is 0. The van der Waals surface area contributed by atoms with Gasteiger partial charge in [0.25, 0.3) is 0 Å². The van der Waals surface area contributed by atoms with E-state index in [-0.39, 0.29) is 6.09 Å². The van der Waals surface area contributed by atoms with Crippen LogP contribution >= 0.6 is 0 Å². The zero-order valence-corrected chi connectivity index (χ0v) is 13.1. The topological polar surface area (TPSA) is 47.6 Å². The molecule has 1 N–H and O–H groups in total. The minimum atomic E-state index is -0.439. The monoisotopic (exact) mass is 291 g/mol. The van der Waals surface area contributed by atoms with E-state index in [1.807, 2.05) is 39.0 Å². The zero-order valence-electron chi connectivity index (χ0n) is 13.1. The van der Waals surface area contributed by atoms with Gasteiger partial charge in [0.15, 0.2) is 0 Å². The minimum absolute atomic E-state index is 0.335. The van der Waals surface area contributed by atoms with Gasteiger partial charge in [0.1, 0.15) is 5.60 Å². The Balaban J connectivity index is 1.55. The summed E-state index contributed by atoms with van der Waals surface area (Å²) in [6.45, 7) is 7.69. The molecule has 0 radical (unpaired) electrons. The van der Waals surface area contributed by atoms with Gasteiger partial charge in [0.2, 0.25) is 0 Å². The van der Waals surface area contributed by atoms with Gasteiger partial charge in [0.05, 0.1) is 13.2 Å². The first-order chi connectivity index (χ1) is 9.94. The first-order valence-corrected chi connectivity index (χ1v) is 7.52. The van der Waals surface area contributed by atoms with E-state index in [0.29, 0.717) is 25.0 Å². The van der Waals surface area contributed by atoms with Crippen molar-refractivity contribution in [2.75, 3.05) is 13.2 Å². The summed E-state index contributed by atoms with van der Waals surface area (Å²) in [6, 6.07) is 10.2. The summed E-state index contributed by atoms with van der Waals surface area (Å²) in [5, 5.41) is 2.82. The average molecular weight is 291 g/mol. The van der Waals surface area contributed by atoms with Crippen LogP contribution in [0.1, 0.15) is 32.8 Å². The fraction of sp³-hybridized carbons (Fsp3) is 0.588. The van der Waals surface area contributed by atoms with E-state index >= 15 is 0 Å². The molecule has 2 rings (SSSR count). The number of carbonyl (C=O) groups is 1. The van der Waals surface area contributed by atoms with Crippen molar-refractivity contribution in [3.8, 4) is 0 Å². The zero-order chi connectivity index (χ0) is 15.3. The van der Waals surface area contributed by atoms with Gasteiger partial charge in [-0.05, 0) is 44.6 Å². The van der Waals surface area contributed by atoms with E-state index in [1.165, 1.54) is 5.56 Å². The Morgan fingerprint density at radius 3 is 2.62 bits per heavy atom. The van der Waals surface area contributed by atoms with Crippen LogP contribution in [0.15, 0.2) is 30.3 Å². The molecule has 1 aliphatic carbocycles. The van der Waals surface area contributed by atoms with Crippen molar-refractivity contribution in [2.24, 2.45) is 11.8 Å². The summed E-state index contributed by atoms with van der Waals surface area (Å²) in [4.78, 5) is 11.5. The summed E-state index contributed by atoms with van der Waals surface area (Å²) in [6.07, 6.45) is 0.781. The van der Waals surface area contributed by atoms with Crippen LogP contribution in [0.5, 0.6) is 0 Å². The third kappa shape index (κ3) is 6.17. The molecule has 4 nitrogen and oxygen atoms in total. The van der Waals surface area contributed by atoms with E-state index < -0.39 is 5.60 Å². The third-order valence-corrected chi connectivity index (χ3v) is 3.42. The lowest BCUT2D eigenvalue weighted by molar-refractivity contribution is 0.0521. The molecule has 116 valence electrons. The molecule has 1 amide bonds. The number of rotatable bonds is 6. The Morgan fingerprint density at radius 2 is 1.95 bits per heavy atom. The average Bonchev–Trinajstić information content (AvgIpc) is 3.14. The molecular formula is C17H25NO3. The Kier molecular flexibility index (Phi) is 5.23.